The number of aromatic nitrogens is 2. The molecule has 0 saturated carbocycles. The minimum atomic E-state index is -1.02. The van der Waals surface area contributed by atoms with Gasteiger partial charge in [0.05, 0.1) is 37.1 Å². The average molecular weight is 358 g/mol. The number of carbonyl (C=O) groups excluding carboxylic acids is 1. The first kappa shape index (κ1) is 17.5. The number of likely N-dealkylation sites (tertiary alicyclic amines) is 1. The molecular formula is C19H26N4O3. The minimum Gasteiger partial charge on any atom is -0.384 e. The first-order valence-corrected chi connectivity index (χ1v) is 9.27. The highest BCUT2D eigenvalue weighted by atomic mass is 16.5. The summed E-state index contributed by atoms with van der Waals surface area (Å²) in [4.78, 5) is 21.3. The van der Waals surface area contributed by atoms with Crippen molar-refractivity contribution in [1.82, 2.24) is 19.4 Å². The monoisotopic (exact) mass is 358 g/mol. The number of nitrogens with zero attached hydrogens (tertiary/aromatic N) is 4. The standard InChI is InChI=1S/C19H26N4O3/c1-21-14-20-16-10-15(4-5-17(16)21)18(24)23-8-9-26-13-19(25,12-23)11-22-6-2-3-7-22/h4-5,10,14,25H,2-3,6-9,11-13H2,1H3/t19-/m1/s1. The van der Waals surface area contributed by atoms with Crippen LogP contribution >= 0.6 is 0 Å². The van der Waals surface area contributed by atoms with Crippen LogP contribution in [0.15, 0.2) is 24.5 Å². The van der Waals surface area contributed by atoms with Crippen molar-refractivity contribution in [3.8, 4) is 0 Å². The van der Waals surface area contributed by atoms with Gasteiger partial charge in [0.15, 0.2) is 0 Å². The fourth-order valence-corrected chi connectivity index (χ4v) is 3.99. The predicted octanol–water partition coefficient (Wildman–Crippen LogP) is 0.873. The Bertz CT molecular complexity index is 799. The third-order valence-electron chi connectivity index (χ3n) is 5.34. The van der Waals surface area contributed by atoms with Gasteiger partial charge < -0.3 is 24.2 Å². The van der Waals surface area contributed by atoms with E-state index in [1.165, 1.54) is 12.8 Å². The topological polar surface area (TPSA) is 70.8 Å². The number of β-amino-alcohol motifs (C(OH)–C–C–N with tert-alkyl or cyclic N) is 1. The molecule has 0 spiro atoms. The normalized spacial score (nSPS) is 24.9. The molecule has 2 aromatic rings. The van der Waals surface area contributed by atoms with Crippen molar-refractivity contribution in [2.75, 3.05) is 45.9 Å². The number of benzene rings is 1. The van der Waals surface area contributed by atoms with Crippen LogP contribution in [0.2, 0.25) is 0 Å². The van der Waals surface area contributed by atoms with Gasteiger partial charge in [-0.15, -0.1) is 0 Å². The summed E-state index contributed by atoms with van der Waals surface area (Å²) in [6.45, 7) is 4.06. The van der Waals surface area contributed by atoms with Gasteiger partial charge in [-0.25, -0.2) is 4.98 Å². The van der Waals surface area contributed by atoms with Crippen LogP contribution in [0.5, 0.6) is 0 Å². The Hall–Kier alpha value is -1.96. The fraction of sp³-hybridized carbons (Fsp3) is 0.579. The quantitative estimate of drug-likeness (QED) is 0.882. The molecule has 0 unspecified atom stereocenters. The van der Waals surface area contributed by atoms with Gasteiger partial charge in [0.2, 0.25) is 0 Å². The minimum absolute atomic E-state index is 0.0806. The van der Waals surface area contributed by atoms with Crippen LogP contribution in [0.4, 0.5) is 0 Å². The molecule has 140 valence electrons. The molecule has 1 aromatic carbocycles. The second-order valence-electron chi connectivity index (χ2n) is 7.55. The van der Waals surface area contributed by atoms with Gasteiger partial charge in [-0.3, -0.25) is 4.79 Å². The molecule has 3 heterocycles. The Morgan fingerprint density at radius 1 is 1.31 bits per heavy atom. The van der Waals surface area contributed by atoms with Crippen LogP contribution in [0.25, 0.3) is 11.0 Å². The number of rotatable bonds is 3. The van der Waals surface area contributed by atoms with Crippen molar-refractivity contribution in [1.29, 1.82) is 0 Å². The van der Waals surface area contributed by atoms with Crippen molar-refractivity contribution in [3.63, 3.8) is 0 Å². The predicted molar refractivity (Wildman–Crippen MR) is 98.1 cm³/mol. The highest BCUT2D eigenvalue weighted by molar-refractivity contribution is 5.97. The second-order valence-corrected chi connectivity index (χ2v) is 7.55. The number of ether oxygens (including phenoxy) is 1. The molecule has 7 nitrogen and oxygen atoms in total. The summed E-state index contributed by atoms with van der Waals surface area (Å²) in [6.07, 6.45) is 4.08. The van der Waals surface area contributed by atoms with E-state index in [2.05, 4.69) is 9.88 Å². The lowest BCUT2D eigenvalue weighted by Gasteiger charge is -2.34. The van der Waals surface area contributed by atoms with E-state index in [9.17, 15) is 9.90 Å². The van der Waals surface area contributed by atoms with Crippen molar-refractivity contribution in [2.24, 2.45) is 7.05 Å². The van der Waals surface area contributed by atoms with Crippen LogP contribution in [-0.2, 0) is 11.8 Å². The van der Waals surface area contributed by atoms with E-state index in [-0.39, 0.29) is 12.5 Å². The Kier molecular flexibility index (Phi) is 4.69. The zero-order valence-electron chi connectivity index (χ0n) is 15.2. The fourth-order valence-electron chi connectivity index (χ4n) is 3.99. The molecule has 1 N–H and O–H groups in total. The number of fused-ring (bicyclic) bond motifs is 1. The highest BCUT2D eigenvalue weighted by Crippen LogP contribution is 2.21. The summed E-state index contributed by atoms with van der Waals surface area (Å²) in [6, 6.07) is 5.57. The summed E-state index contributed by atoms with van der Waals surface area (Å²) >= 11 is 0. The van der Waals surface area contributed by atoms with Crippen LogP contribution in [0, 0.1) is 0 Å². The third kappa shape index (κ3) is 3.47. The summed E-state index contributed by atoms with van der Waals surface area (Å²) in [5.74, 6) is -0.0806. The lowest BCUT2D eigenvalue weighted by Crippen LogP contribution is -2.53. The van der Waals surface area contributed by atoms with Gasteiger partial charge in [0.25, 0.3) is 5.91 Å². The second kappa shape index (κ2) is 6.98. The Balaban J connectivity index is 1.53. The smallest absolute Gasteiger partial charge is 0.254 e. The lowest BCUT2D eigenvalue weighted by atomic mass is 10.0. The maximum absolute atomic E-state index is 13.0. The molecule has 0 radical (unpaired) electrons. The number of aliphatic hydroxyl groups is 1. The van der Waals surface area contributed by atoms with E-state index in [1.54, 1.807) is 11.2 Å². The van der Waals surface area contributed by atoms with Crippen molar-refractivity contribution in [2.45, 2.75) is 18.4 Å². The van der Waals surface area contributed by atoms with Gasteiger partial charge >= 0.3 is 0 Å². The SMILES string of the molecule is Cn1cnc2cc(C(=O)N3CCOC[C@@](O)(CN4CCCC4)C3)ccc21. The van der Waals surface area contributed by atoms with Gasteiger partial charge in [0, 0.05) is 25.7 Å². The van der Waals surface area contributed by atoms with E-state index >= 15 is 0 Å². The Labute approximate surface area is 153 Å². The van der Waals surface area contributed by atoms with Gasteiger partial charge in [-0.1, -0.05) is 0 Å². The van der Waals surface area contributed by atoms with Crippen LogP contribution in [0.1, 0.15) is 23.2 Å². The highest BCUT2D eigenvalue weighted by Gasteiger charge is 2.36. The molecule has 7 heteroatoms. The number of aryl methyl sites for hydroxylation is 1. The molecule has 26 heavy (non-hydrogen) atoms. The molecule has 2 saturated heterocycles. The molecule has 2 aliphatic heterocycles. The number of imidazole rings is 1. The molecule has 1 aromatic heterocycles. The zero-order chi connectivity index (χ0) is 18.1. The number of hydrogen-bond acceptors (Lipinski definition) is 5. The van der Waals surface area contributed by atoms with Gasteiger partial charge in [-0.05, 0) is 44.1 Å². The molecule has 1 atom stereocenters. The van der Waals surface area contributed by atoms with E-state index < -0.39 is 5.60 Å². The Morgan fingerprint density at radius 3 is 2.92 bits per heavy atom. The van der Waals surface area contributed by atoms with Crippen LogP contribution < -0.4 is 0 Å². The van der Waals surface area contributed by atoms with Gasteiger partial charge in [0.1, 0.15) is 5.60 Å². The van der Waals surface area contributed by atoms with Crippen molar-refractivity contribution in [3.05, 3.63) is 30.1 Å². The maximum atomic E-state index is 13.0. The molecule has 2 aliphatic rings. The average Bonchev–Trinajstić information content (AvgIpc) is 3.21. The summed E-state index contributed by atoms with van der Waals surface area (Å²) in [5.41, 5.74) is 1.37. The first-order valence-electron chi connectivity index (χ1n) is 9.27. The van der Waals surface area contributed by atoms with E-state index in [0.717, 1.165) is 24.1 Å². The van der Waals surface area contributed by atoms with Crippen molar-refractivity contribution >= 4 is 16.9 Å². The molecule has 1 amide bonds. The molecule has 4 rings (SSSR count). The number of amides is 1. The van der Waals surface area contributed by atoms with E-state index in [0.29, 0.717) is 31.8 Å². The zero-order valence-corrected chi connectivity index (χ0v) is 15.2. The summed E-state index contributed by atoms with van der Waals surface area (Å²) in [5, 5.41) is 11.1. The summed E-state index contributed by atoms with van der Waals surface area (Å²) < 4.78 is 7.55. The van der Waals surface area contributed by atoms with E-state index in [1.807, 2.05) is 29.8 Å². The van der Waals surface area contributed by atoms with Crippen LogP contribution in [-0.4, -0.2) is 81.9 Å². The first-order chi connectivity index (χ1) is 12.5. The van der Waals surface area contributed by atoms with E-state index in [4.69, 9.17) is 4.74 Å². The third-order valence-corrected chi connectivity index (χ3v) is 5.34. The largest absolute Gasteiger partial charge is 0.384 e. The van der Waals surface area contributed by atoms with Crippen molar-refractivity contribution < 1.29 is 14.6 Å². The summed E-state index contributed by atoms with van der Waals surface area (Å²) in [7, 11) is 1.93. The number of carbonyl (C=O) groups is 1. The van der Waals surface area contributed by atoms with Gasteiger partial charge in [-0.2, -0.15) is 0 Å². The molecule has 2 fully saturated rings. The molecule has 0 aliphatic carbocycles. The molecule has 0 bridgehead atoms. The Morgan fingerprint density at radius 2 is 2.12 bits per heavy atom. The lowest BCUT2D eigenvalue weighted by molar-refractivity contribution is -0.0524. The molecular weight excluding hydrogens is 332 g/mol. The van der Waals surface area contributed by atoms with Crippen LogP contribution in [0.3, 0.4) is 0 Å². The number of hydrogen-bond donors (Lipinski definition) is 1. The maximum Gasteiger partial charge on any atom is 0.254 e.